The third-order valence-electron chi connectivity index (χ3n) is 3.99. The number of nitrogens with two attached hydrogens (primary N) is 1. The van der Waals surface area contributed by atoms with Crippen LogP contribution in [0.1, 0.15) is 44.7 Å². The van der Waals surface area contributed by atoms with Crippen molar-refractivity contribution in [3.8, 4) is 5.75 Å². The maximum atomic E-state index is 6.17. The molecule has 1 unspecified atom stereocenters. The minimum absolute atomic E-state index is 0.0481. The summed E-state index contributed by atoms with van der Waals surface area (Å²) in [6.45, 7) is 7.00. The Morgan fingerprint density at radius 2 is 2.24 bits per heavy atom. The third-order valence-corrected chi connectivity index (χ3v) is 3.99. The molecule has 0 aliphatic carbocycles. The molecule has 0 aromatic heterocycles. The Morgan fingerprint density at radius 1 is 1.43 bits per heavy atom. The van der Waals surface area contributed by atoms with Gasteiger partial charge in [0.25, 0.3) is 0 Å². The van der Waals surface area contributed by atoms with Crippen LogP contribution in [0.3, 0.4) is 0 Å². The minimum atomic E-state index is -0.0481. The fourth-order valence-electron chi connectivity index (χ4n) is 3.02. The number of anilines is 1. The van der Waals surface area contributed by atoms with E-state index in [4.69, 9.17) is 15.2 Å². The molecule has 1 saturated heterocycles. The first-order chi connectivity index (χ1) is 10.2. The van der Waals surface area contributed by atoms with Crippen LogP contribution in [0.25, 0.3) is 0 Å². The lowest BCUT2D eigenvalue weighted by Crippen LogP contribution is -2.40. The summed E-state index contributed by atoms with van der Waals surface area (Å²) >= 11 is 0. The van der Waals surface area contributed by atoms with E-state index in [0.29, 0.717) is 6.10 Å². The summed E-state index contributed by atoms with van der Waals surface area (Å²) in [7, 11) is 1.70. The molecule has 2 atom stereocenters. The van der Waals surface area contributed by atoms with Gasteiger partial charge < -0.3 is 20.1 Å². The van der Waals surface area contributed by atoms with E-state index in [1.807, 2.05) is 19.1 Å². The lowest BCUT2D eigenvalue weighted by atomic mass is 10.0. The molecule has 21 heavy (non-hydrogen) atoms. The van der Waals surface area contributed by atoms with Gasteiger partial charge in [-0.3, -0.25) is 0 Å². The van der Waals surface area contributed by atoms with Gasteiger partial charge in [0.05, 0.1) is 13.2 Å². The molecule has 4 nitrogen and oxygen atoms in total. The van der Waals surface area contributed by atoms with Gasteiger partial charge in [-0.2, -0.15) is 0 Å². The molecule has 118 valence electrons. The molecule has 1 aliphatic rings. The van der Waals surface area contributed by atoms with Crippen molar-refractivity contribution in [3.63, 3.8) is 0 Å². The minimum Gasteiger partial charge on any atom is -0.496 e. The molecular formula is C17H28N2O2. The molecular weight excluding hydrogens is 264 g/mol. The number of ether oxygens (including phenoxy) is 2. The standard InChI is InChI=1S/C17H28N2O2/c1-4-11-21-14-7-6-10-19(12-14)15-8-5-9-16(20-3)17(15)13(2)18/h5,8-9,13-14H,4,6-7,10-12,18H2,1-3H3/t13-,14?/m0/s1. The van der Waals surface area contributed by atoms with E-state index in [1.165, 1.54) is 5.69 Å². The summed E-state index contributed by atoms with van der Waals surface area (Å²) < 4.78 is 11.4. The average molecular weight is 292 g/mol. The van der Waals surface area contributed by atoms with Gasteiger partial charge in [0.1, 0.15) is 5.75 Å². The number of rotatable bonds is 6. The summed E-state index contributed by atoms with van der Waals surface area (Å²) in [6.07, 6.45) is 3.70. The monoisotopic (exact) mass is 292 g/mol. The highest BCUT2D eigenvalue weighted by Gasteiger charge is 2.24. The fraction of sp³-hybridized carbons (Fsp3) is 0.647. The van der Waals surface area contributed by atoms with Crippen molar-refractivity contribution in [2.24, 2.45) is 5.73 Å². The van der Waals surface area contributed by atoms with E-state index in [-0.39, 0.29) is 6.04 Å². The van der Waals surface area contributed by atoms with Crippen LogP contribution in [0.2, 0.25) is 0 Å². The summed E-state index contributed by atoms with van der Waals surface area (Å²) in [6, 6.07) is 6.12. The van der Waals surface area contributed by atoms with Crippen molar-refractivity contribution in [1.29, 1.82) is 0 Å². The maximum absolute atomic E-state index is 6.17. The molecule has 1 aliphatic heterocycles. The Hall–Kier alpha value is -1.26. The van der Waals surface area contributed by atoms with Crippen LogP contribution in [-0.4, -0.2) is 32.9 Å². The van der Waals surface area contributed by atoms with Crippen LogP contribution < -0.4 is 15.4 Å². The molecule has 0 radical (unpaired) electrons. The SMILES string of the molecule is CCCOC1CCCN(c2cccc(OC)c2[C@H](C)N)C1. The van der Waals surface area contributed by atoms with Gasteiger partial charge in [-0.05, 0) is 38.3 Å². The van der Waals surface area contributed by atoms with Gasteiger partial charge >= 0.3 is 0 Å². The summed E-state index contributed by atoms with van der Waals surface area (Å²) in [5, 5.41) is 0. The van der Waals surface area contributed by atoms with E-state index >= 15 is 0 Å². The average Bonchev–Trinajstić information content (AvgIpc) is 2.52. The van der Waals surface area contributed by atoms with Crippen LogP contribution in [0.15, 0.2) is 18.2 Å². The normalized spacial score (nSPS) is 20.4. The van der Waals surface area contributed by atoms with E-state index in [2.05, 4.69) is 17.9 Å². The number of benzene rings is 1. The lowest BCUT2D eigenvalue weighted by Gasteiger charge is -2.36. The first-order valence-electron chi connectivity index (χ1n) is 7.96. The molecule has 2 N–H and O–H groups in total. The first-order valence-corrected chi connectivity index (χ1v) is 7.96. The summed E-state index contributed by atoms with van der Waals surface area (Å²) in [5.41, 5.74) is 8.46. The summed E-state index contributed by atoms with van der Waals surface area (Å²) in [5.74, 6) is 0.874. The second-order valence-electron chi connectivity index (χ2n) is 5.76. The van der Waals surface area contributed by atoms with Gasteiger partial charge in [-0.15, -0.1) is 0 Å². The third kappa shape index (κ3) is 3.89. The van der Waals surface area contributed by atoms with Gasteiger partial charge in [0, 0.05) is 37.0 Å². The predicted molar refractivity (Wildman–Crippen MR) is 87.1 cm³/mol. The van der Waals surface area contributed by atoms with Crippen molar-refractivity contribution in [3.05, 3.63) is 23.8 Å². The van der Waals surface area contributed by atoms with Crippen molar-refractivity contribution in [2.45, 2.75) is 45.3 Å². The Morgan fingerprint density at radius 3 is 2.90 bits per heavy atom. The number of hydrogen-bond acceptors (Lipinski definition) is 4. The van der Waals surface area contributed by atoms with E-state index < -0.39 is 0 Å². The molecule has 0 spiro atoms. The fourth-order valence-corrected chi connectivity index (χ4v) is 3.02. The highest BCUT2D eigenvalue weighted by Crippen LogP contribution is 2.35. The van der Waals surface area contributed by atoms with Crippen LogP contribution in [0.5, 0.6) is 5.75 Å². The molecule has 2 rings (SSSR count). The first kappa shape index (κ1) is 16.1. The number of nitrogens with zero attached hydrogens (tertiary/aromatic N) is 1. The van der Waals surface area contributed by atoms with E-state index in [1.54, 1.807) is 7.11 Å². The lowest BCUT2D eigenvalue weighted by molar-refractivity contribution is 0.0440. The van der Waals surface area contributed by atoms with Gasteiger partial charge in [-0.25, -0.2) is 0 Å². The van der Waals surface area contributed by atoms with Crippen LogP contribution in [-0.2, 0) is 4.74 Å². The molecule has 1 aromatic rings. The van der Waals surface area contributed by atoms with Crippen LogP contribution >= 0.6 is 0 Å². The molecule has 0 saturated carbocycles. The highest BCUT2D eigenvalue weighted by atomic mass is 16.5. The number of piperidine rings is 1. The van der Waals surface area contributed by atoms with Crippen molar-refractivity contribution in [1.82, 2.24) is 0 Å². The molecule has 1 fully saturated rings. The molecule has 1 aromatic carbocycles. The van der Waals surface area contributed by atoms with E-state index in [0.717, 1.165) is 50.3 Å². The largest absolute Gasteiger partial charge is 0.496 e. The van der Waals surface area contributed by atoms with Gasteiger partial charge in [-0.1, -0.05) is 13.0 Å². The highest BCUT2D eigenvalue weighted by molar-refractivity contribution is 5.61. The van der Waals surface area contributed by atoms with Crippen molar-refractivity contribution >= 4 is 5.69 Å². The Balaban J connectivity index is 2.20. The zero-order valence-corrected chi connectivity index (χ0v) is 13.5. The molecule has 1 heterocycles. The Bertz CT molecular complexity index is 448. The number of hydrogen-bond donors (Lipinski definition) is 1. The van der Waals surface area contributed by atoms with Gasteiger partial charge in [0.15, 0.2) is 0 Å². The second kappa shape index (κ2) is 7.66. The van der Waals surface area contributed by atoms with Crippen molar-refractivity contribution < 1.29 is 9.47 Å². The Kier molecular flexibility index (Phi) is 5.88. The molecule has 0 amide bonds. The topological polar surface area (TPSA) is 47.7 Å². The zero-order chi connectivity index (χ0) is 15.2. The van der Waals surface area contributed by atoms with Crippen LogP contribution in [0, 0.1) is 0 Å². The predicted octanol–water partition coefficient (Wildman–Crippen LogP) is 3.11. The second-order valence-corrected chi connectivity index (χ2v) is 5.76. The van der Waals surface area contributed by atoms with Crippen molar-refractivity contribution in [2.75, 3.05) is 31.7 Å². The zero-order valence-electron chi connectivity index (χ0n) is 13.5. The quantitative estimate of drug-likeness (QED) is 0.875. The molecule has 0 bridgehead atoms. The Labute approximate surface area is 128 Å². The van der Waals surface area contributed by atoms with Crippen LogP contribution in [0.4, 0.5) is 5.69 Å². The molecule has 4 heteroatoms. The summed E-state index contributed by atoms with van der Waals surface area (Å²) in [4.78, 5) is 2.39. The van der Waals surface area contributed by atoms with Gasteiger partial charge in [0.2, 0.25) is 0 Å². The maximum Gasteiger partial charge on any atom is 0.125 e. The number of methoxy groups -OCH3 is 1. The van der Waals surface area contributed by atoms with E-state index in [9.17, 15) is 0 Å². The smallest absolute Gasteiger partial charge is 0.125 e.